The topological polar surface area (TPSA) is 103 Å². The molecule has 2 unspecified atom stereocenters. The van der Waals surface area contributed by atoms with Crippen molar-refractivity contribution in [2.24, 2.45) is 0 Å². The summed E-state index contributed by atoms with van der Waals surface area (Å²) in [6.07, 6.45) is 5.45. The summed E-state index contributed by atoms with van der Waals surface area (Å²) in [7, 11) is -3.02. The van der Waals surface area contributed by atoms with Gasteiger partial charge in [0.15, 0.2) is 5.78 Å². The van der Waals surface area contributed by atoms with Crippen LogP contribution in [0.25, 0.3) is 5.69 Å². The Balaban J connectivity index is 1.66. The molecule has 0 saturated carbocycles. The highest BCUT2D eigenvalue weighted by atomic mass is 32.2. The molecule has 1 N–H and O–H groups in total. The van der Waals surface area contributed by atoms with Crippen molar-refractivity contribution in [2.75, 3.05) is 18.6 Å². The summed E-state index contributed by atoms with van der Waals surface area (Å²) in [5.74, 6) is 0.191. The maximum Gasteiger partial charge on any atom is 0.178 e. The number of aliphatic hydroxyl groups excluding tert-OH is 1. The molecule has 4 rings (SSSR count). The number of ketones is 1. The zero-order valence-electron chi connectivity index (χ0n) is 20.1. The molecule has 7 nitrogen and oxygen atoms in total. The highest BCUT2D eigenvalue weighted by molar-refractivity contribution is 7.90. The second-order valence-electron chi connectivity index (χ2n) is 9.80. The van der Waals surface area contributed by atoms with Gasteiger partial charge >= 0.3 is 0 Å². The third kappa shape index (κ3) is 4.83. The Morgan fingerprint density at radius 1 is 1.15 bits per heavy atom. The summed E-state index contributed by atoms with van der Waals surface area (Å²) in [6.45, 7) is 4.24. The van der Waals surface area contributed by atoms with Crippen molar-refractivity contribution >= 4 is 15.6 Å². The van der Waals surface area contributed by atoms with Crippen LogP contribution < -0.4 is 0 Å². The predicted molar refractivity (Wildman–Crippen MR) is 131 cm³/mol. The Bertz CT molecular complexity index is 1220. The molecule has 2 saturated heterocycles. The molecule has 3 atom stereocenters. The summed E-state index contributed by atoms with van der Waals surface area (Å²) in [6, 6.07) is 9.78. The number of fused-ring (bicyclic) bond motifs is 2. The molecule has 0 amide bonds. The summed E-state index contributed by atoms with van der Waals surface area (Å²) in [5.41, 5.74) is 4.97. The first-order valence-electron chi connectivity index (χ1n) is 12.0. The number of benzene rings is 1. The third-order valence-electron chi connectivity index (χ3n) is 7.47. The quantitative estimate of drug-likeness (QED) is 0.434. The van der Waals surface area contributed by atoms with Crippen molar-refractivity contribution in [1.29, 1.82) is 5.26 Å². The number of Topliss-reactive ketones (excluding diaryl/α,β-unsaturated/α-hetero) is 1. The molecule has 2 aliphatic heterocycles. The number of nitrogens with zero attached hydrogens (tertiary/aromatic N) is 3. The zero-order chi connectivity index (χ0) is 24.6. The average Bonchev–Trinajstić information content (AvgIpc) is 3.38. The van der Waals surface area contributed by atoms with Crippen molar-refractivity contribution < 1.29 is 18.3 Å². The average molecular weight is 484 g/mol. The van der Waals surface area contributed by atoms with Crippen molar-refractivity contribution in [3.63, 3.8) is 0 Å². The number of nitriles is 1. The summed E-state index contributed by atoms with van der Waals surface area (Å²) < 4.78 is 25.2. The normalized spacial score (nSPS) is 22.3. The van der Waals surface area contributed by atoms with E-state index in [0.29, 0.717) is 36.9 Å². The maximum absolute atomic E-state index is 13.7. The minimum absolute atomic E-state index is 0.0529. The molecule has 0 radical (unpaired) electrons. The molecule has 0 spiro atoms. The maximum atomic E-state index is 13.7. The minimum atomic E-state index is -3.02. The minimum Gasteiger partial charge on any atom is -0.391 e. The van der Waals surface area contributed by atoms with E-state index in [-0.39, 0.29) is 29.7 Å². The van der Waals surface area contributed by atoms with E-state index in [0.717, 1.165) is 41.9 Å². The first kappa shape index (κ1) is 24.6. The fourth-order valence-corrected chi connectivity index (χ4v) is 6.60. The molecule has 2 fully saturated rings. The molecular weight excluding hydrogens is 450 g/mol. The van der Waals surface area contributed by atoms with Gasteiger partial charge in [0, 0.05) is 46.7 Å². The molecule has 34 heavy (non-hydrogen) atoms. The van der Waals surface area contributed by atoms with Gasteiger partial charge in [-0.25, -0.2) is 8.42 Å². The van der Waals surface area contributed by atoms with E-state index in [9.17, 15) is 18.3 Å². The van der Waals surface area contributed by atoms with Crippen molar-refractivity contribution in [3.8, 4) is 11.8 Å². The van der Waals surface area contributed by atoms with Gasteiger partial charge in [0.1, 0.15) is 9.84 Å². The van der Waals surface area contributed by atoms with Crippen molar-refractivity contribution in [3.05, 3.63) is 52.3 Å². The molecule has 1 aromatic heterocycles. The Morgan fingerprint density at radius 3 is 2.41 bits per heavy atom. The monoisotopic (exact) mass is 483 g/mol. The van der Waals surface area contributed by atoms with E-state index in [1.165, 1.54) is 6.26 Å². The van der Waals surface area contributed by atoms with Crippen LogP contribution in [0.15, 0.2) is 24.3 Å². The van der Waals surface area contributed by atoms with E-state index < -0.39 is 9.84 Å². The fraction of sp³-hybridized carbons (Fsp3) is 0.538. The number of hydrogen-bond acceptors (Lipinski definition) is 6. The Kier molecular flexibility index (Phi) is 6.99. The van der Waals surface area contributed by atoms with Crippen LogP contribution >= 0.6 is 0 Å². The lowest BCUT2D eigenvalue weighted by molar-refractivity contribution is 0.0872. The summed E-state index contributed by atoms with van der Waals surface area (Å²) in [5, 5.41) is 19.4. The molecule has 1 aromatic carbocycles. The molecule has 3 heterocycles. The van der Waals surface area contributed by atoms with Crippen LogP contribution in [0.2, 0.25) is 0 Å². The molecule has 2 aliphatic rings. The molecular formula is C26H33N3O4S. The summed E-state index contributed by atoms with van der Waals surface area (Å²) >= 11 is 0. The van der Waals surface area contributed by atoms with E-state index in [4.69, 9.17) is 5.26 Å². The van der Waals surface area contributed by atoms with E-state index >= 15 is 0 Å². The van der Waals surface area contributed by atoms with Crippen molar-refractivity contribution in [2.45, 2.75) is 70.6 Å². The van der Waals surface area contributed by atoms with Crippen LogP contribution in [-0.4, -0.2) is 65.5 Å². The molecule has 2 aromatic rings. The van der Waals surface area contributed by atoms with E-state index in [2.05, 4.69) is 15.5 Å². The second-order valence-corrected chi connectivity index (χ2v) is 12.1. The Morgan fingerprint density at radius 2 is 1.85 bits per heavy atom. The first-order valence-corrected chi connectivity index (χ1v) is 14.0. The smallest absolute Gasteiger partial charge is 0.178 e. The second kappa shape index (κ2) is 9.65. The number of aromatic nitrogens is 1. The summed E-state index contributed by atoms with van der Waals surface area (Å²) in [4.78, 5) is 15.9. The van der Waals surface area contributed by atoms with Gasteiger partial charge in [-0.1, -0.05) is 0 Å². The van der Waals surface area contributed by atoms with Crippen molar-refractivity contribution in [1.82, 2.24) is 9.47 Å². The Labute approximate surface area is 201 Å². The first-order chi connectivity index (χ1) is 16.1. The highest BCUT2D eigenvalue weighted by Gasteiger charge is 2.46. The van der Waals surface area contributed by atoms with Gasteiger partial charge in [0.2, 0.25) is 0 Å². The van der Waals surface area contributed by atoms with Crippen LogP contribution in [0.3, 0.4) is 0 Å². The van der Waals surface area contributed by atoms with Gasteiger partial charge in [0.05, 0.1) is 24.3 Å². The van der Waals surface area contributed by atoms with Gasteiger partial charge < -0.3 is 9.67 Å². The fourth-order valence-electron chi connectivity index (χ4n) is 5.87. The number of aliphatic hydroxyl groups is 1. The number of hydrogen-bond donors (Lipinski definition) is 1. The zero-order valence-corrected chi connectivity index (χ0v) is 20.9. The molecule has 182 valence electrons. The standard InChI is InChI=1S/C26H33N3O4S/c1-17-22(6-4-5-13-34(3,32)33)26(18(2)29(17)20-9-7-19(15-27)8-10-20)25(31)16-28-21-11-12-23(28)24(30)14-21/h7-10,21,23-24,30H,4-6,11-14,16H2,1-3H3/t21?,23?,24-/m0/s1. The molecule has 2 bridgehead atoms. The number of carbonyl (C=O) groups is 1. The van der Waals surface area contributed by atoms with Gasteiger partial charge in [-0.05, 0) is 82.2 Å². The van der Waals surface area contributed by atoms with Crippen LogP contribution in [0.5, 0.6) is 0 Å². The van der Waals surface area contributed by atoms with Crippen LogP contribution in [-0.2, 0) is 16.3 Å². The SMILES string of the molecule is Cc1c(CCCCS(C)(=O)=O)c(C(=O)CN2C3CCC2[C@@H](O)C3)c(C)n1-c1ccc(C#N)cc1. The number of unbranched alkanes of at least 4 members (excludes halogenated alkanes) is 1. The number of sulfone groups is 1. The third-order valence-corrected chi connectivity index (χ3v) is 8.50. The Hall–Kier alpha value is -2.47. The lowest BCUT2D eigenvalue weighted by atomic mass is 9.98. The number of rotatable bonds is 9. The van der Waals surface area contributed by atoms with Gasteiger partial charge in [0.25, 0.3) is 0 Å². The highest BCUT2D eigenvalue weighted by Crippen LogP contribution is 2.38. The van der Waals surface area contributed by atoms with Gasteiger partial charge in [-0.3, -0.25) is 9.69 Å². The van der Waals surface area contributed by atoms with Crippen LogP contribution in [0.4, 0.5) is 0 Å². The predicted octanol–water partition coefficient (Wildman–Crippen LogP) is 3.11. The molecule has 8 heteroatoms. The van der Waals surface area contributed by atoms with E-state index in [1.54, 1.807) is 12.1 Å². The van der Waals surface area contributed by atoms with Crippen LogP contribution in [0.1, 0.15) is 65.0 Å². The van der Waals surface area contributed by atoms with E-state index in [1.807, 2.05) is 26.0 Å². The lowest BCUT2D eigenvalue weighted by Gasteiger charge is -2.21. The largest absolute Gasteiger partial charge is 0.391 e. The van der Waals surface area contributed by atoms with Gasteiger partial charge in [-0.2, -0.15) is 5.26 Å². The van der Waals surface area contributed by atoms with Gasteiger partial charge in [-0.15, -0.1) is 0 Å². The lowest BCUT2D eigenvalue weighted by Crippen LogP contribution is -2.36. The van der Waals surface area contributed by atoms with Crippen LogP contribution in [0, 0.1) is 25.2 Å². The number of carbonyl (C=O) groups excluding carboxylic acids is 1. The molecule has 0 aliphatic carbocycles.